The minimum absolute atomic E-state index is 0.0523. The van der Waals surface area contributed by atoms with Crippen LogP contribution in [0.1, 0.15) is 72.4 Å². The molecule has 2 fully saturated rings. The largest absolute Gasteiger partial charge is 0.378 e. The molecule has 1 aliphatic carbocycles. The van der Waals surface area contributed by atoms with Crippen LogP contribution in [0.5, 0.6) is 0 Å². The molecule has 0 saturated carbocycles. The Balaban J connectivity index is 1.45. The number of fused-ring (bicyclic) bond motifs is 4. The van der Waals surface area contributed by atoms with E-state index in [4.69, 9.17) is 10.1 Å². The summed E-state index contributed by atoms with van der Waals surface area (Å²) in [5, 5.41) is 8.57. The molecule has 6 nitrogen and oxygen atoms in total. The number of aromatic nitrogens is 1. The first-order valence-electron chi connectivity index (χ1n) is 13.7. The Morgan fingerprint density at radius 1 is 1.16 bits per heavy atom. The number of nitrogens with one attached hydrogen (secondary N) is 2. The van der Waals surface area contributed by atoms with E-state index in [1.54, 1.807) is 0 Å². The zero-order chi connectivity index (χ0) is 26.6. The second-order valence-corrected chi connectivity index (χ2v) is 11.8. The number of ketones is 1. The zero-order valence-electron chi connectivity index (χ0n) is 22.8. The van der Waals surface area contributed by atoms with Crippen molar-refractivity contribution < 1.29 is 9.53 Å². The Morgan fingerprint density at radius 3 is 2.58 bits per heavy atom. The Hall–Kier alpha value is -3.40. The molecular weight excluding hydrogens is 472 g/mol. The van der Waals surface area contributed by atoms with Crippen LogP contribution in [-0.4, -0.2) is 67.3 Å². The first-order valence-corrected chi connectivity index (χ1v) is 13.7. The highest BCUT2D eigenvalue weighted by Crippen LogP contribution is 2.45. The summed E-state index contributed by atoms with van der Waals surface area (Å²) in [6.45, 7) is 14.3. The van der Waals surface area contributed by atoms with Crippen molar-refractivity contribution in [2.45, 2.75) is 45.6 Å². The van der Waals surface area contributed by atoms with Gasteiger partial charge in [0.1, 0.15) is 0 Å². The van der Waals surface area contributed by atoms with Crippen molar-refractivity contribution in [1.82, 2.24) is 9.88 Å². The van der Waals surface area contributed by atoms with Crippen molar-refractivity contribution >= 4 is 28.6 Å². The van der Waals surface area contributed by atoms with E-state index < -0.39 is 0 Å². The highest BCUT2D eigenvalue weighted by Gasteiger charge is 2.41. The lowest BCUT2D eigenvalue weighted by molar-refractivity contribution is -0.0660. The average molecular weight is 509 g/mol. The van der Waals surface area contributed by atoms with Crippen LogP contribution in [0, 0.1) is 23.2 Å². The summed E-state index contributed by atoms with van der Waals surface area (Å²) < 4.78 is 5.42. The summed E-state index contributed by atoms with van der Waals surface area (Å²) in [6, 6.07) is 10.7. The molecular formula is C32H36N4O2. The van der Waals surface area contributed by atoms with Crippen molar-refractivity contribution in [3.63, 3.8) is 0 Å². The lowest BCUT2D eigenvalue weighted by Crippen LogP contribution is -2.56. The molecule has 2 N–H and O–H groups in total. The molecule has 3 aliphatic rings. The molecule has 3 heterocycles. The van der Waals surface area contributed by atoms with Gasteiger partial charge >= 0.3 is 0 Å². The lowest BCUT2D eigenvalue weighted by Gasteiger charge is -2.43. The summed E-state index contributed by atoms with van der Waals surface area (Å²) in [7, 11) is 0. The molecule has 3 aromatic rings. The molecule has 6 rings (SSSR count). The van der Waals surface area contributed by atoms with Crippen LogP contribution in [0.2, 0.25) is 0 Å². The van der Waals surface area contributed by atoms with Gasteiger partial charge in [0.2, 0.25) is 0 Å². The van der Waals surface area contributed by atoms with Gasteiger partial charge in [-0.2, -0.15) is 0 Å². The maximum absolute atomic E-state index is 14.1. The topological polar surface area (TPSA) is 72.4 Å². The number of ether oxygens (including phenoxy) is 1. The fraction of sp³-hybridized carbons (Fsp3) is 0.438. The number of carbonyl (C=O) groups is 1. The van der Waals surface area contributed by atoms with Crippen LogP contribution >= 0.6 is 0 Å². The van der Waals surface area contributed by atoms with Gasteiger partial charge in [0.15, 0.2) is 5.78 Å². The normalized spacial score (nSPS) is 19.1. The first kappa shape index (κ1) is 24.9. The number of H-pyrrole nitrogens is 1. The fourth-order valence-electron chi connectivity index (χ4n) is 6.05. The molecule has 2 aromatic carbocycles. The van der Waals surface area contributed by atoms with E-state index in [9.17, 15) is 4.79 Å². The smallest absolute Gasteiger partial charge is 0.195 e. The van der Waals surface area contributed by atoms with E-state index >= 15 is 0 Å². The van der Waals surface area contributed by atoms with Gasteiger partial charge in [0.25, 0.3) is 0 Å². The lowest BCUT2D eigenvalue weighted by atomic mass is 9.70. The van der Waals surface area contributed by atoms with Crippen LogP contribution in [0.4, 0.5) is 5.69 Å². The summed E-state index contributed by atoms with van der Waals surface area (Å²) in [4.78, 5) is 22.6. The molecule has 0 spiro atoms. The number of piperazine rings is 1. The summed E-state index contributed by atoms with van der Waals surface area (Å²) in [6.07, 6.45) is 2.17. The maximum Gasteiger partial charge on any atom is 0.195 e. The van der Waals surface area contributed by atoms with Crippen molar-refractivity contribution in [3.8, 4) is 11.8 Å². The number of aromatic amines is 1. The van der Waals surface area contributed by atoms with Crippen LogP contribution in [0.25, 0.3) is 10.9 Å². The van der Waals surface area contributed by atoms with Gasteiger partial charge in [-0.1, -0.05) is 51.7 Å². The SMILES string of the molecule is CC(C)CC#Cc1cc2c(cc1N1CCN(C3COC3)CC1)C(C)(C)c1[nH]c3cc(C=N)ccc3c1C2=O. The van der Waals surface area contributed by atoms with Crippen LogP contribution in [-0.2, 0) is 10.2 Å². The molecule has 38 heavy (non-hydrogen) atoms. The number of benzene rings is 2. The minimum Gasteiger partial charge on any atom is -0.378 e. The van der Waals surface area contributed by atoms with Gasteiger partial charge in [-0.3, -0.25) is 9.69 Å². The predicted molar refractivity (Wildman–Crippen MR) is 153 cm³/mol. The molecule has 0 amide bonds. The van der Waals surface area contributed by atoms with Crippen molar-refractivity contribution in [2.75, 3.05) is 44.3 Å². The van der Waals surface area contributed by atoms with E-state index in [1.807, 2.05) is 18.2 Å². The Labute approximate surface area is 224 Å². The van der Waals surface area contributed by atoms with Gasteiger partial charge in [-0.25, -0.2) is 0 Å². The average Bonchev–Trinajstić information content (AvgIpc) is 3.26. The quantitative estimate of drug-likeness (QED) is 0.386. The first-order chi connectivity index (χ1) is 18.3. The van der Waals surface area contributed by atoms with E-state index in [0.717, 1.165) is 95.9 Å². The Kier molecular flexibility index (Phi) is 6.17. The number of nitrogens with zero attached hydrogens (tertiary/aromatic N) is 2. The van der Waals surface area contributed by atoms with Gasteiger partial charge in [0.05, 0.1) is 30.5 Å². The highest BCUT2D eigenvalue weighted by atomic mass is 16.5. The summed E-state index contributed by atoms with van der Waals surface area (Å²) >= 11 is 0. The maximum atomic E-state index is 14.1. The molecule has 196 valence electrons. The third kappa shape index (κ3) is 4.05. The zero-order valence-corrected chi connectivity index (χ0v) is 22.8. The number of carbonyl (C=O) groups excluding carboxylic acids is 1. The fourth-order valence-corrected chi connectivity index (χ4v) is 6.05. The minimum atomic E-state index is -0.383. The van der Waals surface area contributed by atoms with E-state index in [1.165, 1.54) is 6.21 Å². The summed E-state index contributed by atoms with van der Waals surface area (Å²) in [5.74, 6) is 7.39. The van der Waals surface area contributed by atoms with E-state index in [-0.39, 0.29) is 11.2 Å². The Bertz CT molecular complexity index is 1490. The second kappa shape index (κ2) is 9.41. The Morgan fingerprint density at radius 2 is 1.92 bits per heavy atom. The number of hydrogen-bond acceptors (Lipinski definition) is 5. The predicted octanol–water partition coefficient (Wildman–Crippen LogP) is 4.95. The van der Waals surface area contributed by atoms with Crippen molar-refractivity contribution in [1.29, 1.82) is 5.41 Å². The van der Waals surface area contributed by atoms with Gasteiger partial charge in [-0.15, -0.1) is 0 Å². The van der Waals surface area contributed by atoms with Crippen LogP contribution < -0.4 is 4.90 Å². The van der Waals surface area contributed by atoms with Gasteiger partial charge in [-0.05, 0) is 35.2 Å². The highest BCUT2D eigenvalue weighted by molar-refractivity contribution is 6.20. The van der Waals surface area contributed by atoms with Gasteiger partial charge < -0.3 is 20.0 Å². The van der Waals surface area contributed by atoms with E-state index in [2.05, 4.69) is 66.5 Å². The third-order valence-corrected chi connectivity index (χ3v) is 8.42. The number of rotatable bonds is 4. The molecule has 0 bridgehead atoms. The van der Waals surface area contributed by atoms with E-state index in [0.29, 0.717) is 12.0 Å². The number of anilines is 1. The molecule has 1 aromatic heterocycles. The van der Waals surface area contributed by atoms with Crippen molar-refractivity contribution in [3.05, 3.63) is 63.8 Å². The molecule has 2 aliphatic heterocycles. The molecule has 0 atom stereocenters. The molecule has 0 unspecified atom stereocenters. The molecule has 0 radical (unpaired) electrons. The van der Waals surface area contributed by atoms with Crippen molar-refractivity contribution in [2.24, 2.45) is 5.92 Å². The van der Waals surface area contributed by atoms with Gasteiger partial charge in [0, 0.05) is 72.0 Å². The standard InChI is InChI=1S/C32H36N4O2/c1-20(2)6-5-7-22-15-25-26(16-28(22)36-12-10-35(11-13-36)23-18-38-19-23)32(3,4)31-29(30(25)37)24-9-8-21(17-33)14-27(24)34-31/h8-9,14-17,20,23,33-34H,6,10-13,18-19H2,1-4H3. The van der Waals surface area contributed by atoms with Crippen LogP contribution in [0.3, 0.4) is 0 Å². The summed E-state index contributed by atoms with van der Waals surface area (Å²) in [5.41, 5.74) is 6.92. The second-order valence-electron chi connectivity index (χ2n) is 11.8. The molecule has 2 saturated heterocycles. The van der Waals surface area contributed by atoms with Crippen LogP contribution in [0.15, 0.2) is 30.3 Å². The number of hydrogen-bond donors (Lipinski definition) is 2. The third-order valence-electron chi connectivity index (χ3n) is 8.42. The monoisotopic (exact) mass is 508 g/mol. The molecule has 6 heteroatoms.